The van der Waals surface area contributed by atoms with Crippen molar-refractivity contribution in [3.05, 3.63) is 99.1 Å². The normalized spacial score (nSPS) is 12.5. The molecule has 0 heterocycles. The maximum absolute atomic E-state index is 13.2. The lowest BCUT2D eigenvalue weighted by Crippen LogP contribution is -2.51. The summed E-state index contributed by atoms with van der Waals surface area (Å²) in [5.41, 5.74) is 1.62. The molecule has 0 aliphatic rings. The van der Waals surface area contributed by atoms with Crippen molar-refractivity contribution in [2.45, 2.75) is 69.1 Å². The van der Waals surface area contributed by atoms with Gasteiger partial charge in [0.05, 0.1) is 6.54 Å². The van der Waals surface area contributed by atoms with Gasteiger partial charge in [0.2, 0.25) is 11.8 Å². The Morgan fingerprint density at radius 2 is 1.19 bits per heavy atom. The Labute approximate surface area is 368 Å². The second kappa shape index (κ2) is 25.8. The Kier molecular flexibility index (Phi) is 20.6. The highest BCUT2D eigenvalue weighted by atomic mass is 127. The molecule has 0 aliphatic carbocycles. The highest BCUT2D eigenvalue weighted by molar-refractivity contribution is 14.1. The number of unbranched alkanes of at least 4 members (excludes halogenated alkanes) is 1. The zero-order valence-electron chi connectivity index (χ0n) is 33.1. The van der Waals surface area contributed by atoms with E-state index in [9.17, 15) is 58.5 Å². The Morgan fingerprint density at radius 1 is 0.597 bits per heavy atom. The number of amides is 6. The van der Waals surface area contributed by atoms with Crippen LogP contribution in [0.1, 0.15) is 53.6 Å². The first kappa shape index (κ1) is 49.6. The van der Waals surface area contributed by atoms with E-state index in [4.69, 9.17) is 9.84 Å². The fourth-order valence-corrected chi connectivity index (χ4v) is 6.23. The van der Waals surface area contributed by atoms with Crippen LogP contribution in [0.3, 0.4) is 0 Å². The van der Waals surface area contributed by atoms with Crippen LogP contribution in [0.2, 0.25) is 0 Å². The number of rotatable bonds is 26. The highest BCUT2D eigenvalue weighted by Gasteiger charge is 2.26. The number of carboxylic acid groups (broad SMARTS) is 4. The molecule has 62 heavy (non-hydrogen) atoms. The second-order valence-electron chi connectivity index (χ2n) is 13.7. The number of nitrogens with one attached hydrogen (secondary N) is 6. The van der Waals surface area contributed by atoms with Gasteiger partial charge in [0.1, 0.15) is 29.9 Å². The van der Waals surface area contributed by atoms with E-state index in [1.54, 1.807) is 66.7 Å². The van der Waals surface area contributed by atoms with Gasteiger partial charge in [0.25, 0.3) is 11.8 Å². The van der Waals surface area contributed by atoms with E-state index in [1.165, 1.54) is 12.1 Å². The van der Waals surface area contributed by atoms with Gasteiger partial charge < -0.3 is 57.1 Å². The smallest absolute Gasteiger partial charge is 0.326 e. The molecule has 0 aliphatic heterocycles. The maximum atomic E-state index is 13.2. The summed E-state index contributed by atoms with van der Waals surface area (Å²) in [6.45, 7) is -0.841. The van der Waals surface area contributed by atoms with Crippen molar-refractivity contribution in [3.63, 3.8) is 0 Å². The molecule has 332 valence electrons. The molecule has 0 saturated heterocycles. The Hall–Kier alpha value is -6.78. The molecule has 0 spiro atoms. The number of hydrogen-bond donors (Lipinski definition) is 10. The monoisotopic (exact) mass is 974 g/mol. The first-order valence-corrected chi connectivity index (χ1v) is 20.2. The van der Waals surface area contributed by atoms with Gasteiger partial charge in [-0.15, -0.1) is 0 Å². The van der Waals surface area contributed by atoms with Crippen LogP contribution in [-0.4, -0.2) is 118 Å². The average molecular weight is 975 g/mol. The van der Waals surface area contributed by atoms with Crippen LogP contribution < -0.4 is 36.6 Å². The molecule has 0 bridgehead atoms. The average Bonchev–Trinajstić information content (AvgIpc) is 3.22. The van der Waals surface area contributed by atoms with Gasteiger partial charge in [-0.05, 0) is 89.7 Å². The predicted molar refractivity (Wildman–Crippen MR) is 227 cm³/mol. The minimum atomic E-state index is -1.55. The van der Waals surface area contributed by atoms with Gasteiger partial charge in [-0.2, -0.15) is 0 Å². The number of hydrogen-bond acceptors (Lipinski definition) is 10. The van der Waals surface area contributed by atoms with Gasteiger partial charge in [0.15, 0.2) is 6.61 Å². The van der Waals surface area contributed by atoms with Crippen LogP contribution in [0, 0.1) is 3.57 Å². The van der Waals surface area contributed by atoms with Gasteiger partial charge in [-0.1, -0.05) is 48.5 Å². The third-order valence-corrected chi connectivity index (χ3v) is 9.54. The summed E-state index contributed by atoms with van der Waals surface area (Å²) in [4.78, 5) is 109. The Balaban J connectivity index is 1.48. The lowest BCUT2D eigenvalue weighted by Gasteiger charge is -2.20. The van der Waals surface area contributed by atoms with Crippen molar-refractivity contribution < 1.29 is 68.3 Å². The fraction of sp³-hybridized carbons (Fsp3) is 0.341. The summed E-state index contributed by atoms with van der Waals surface area (Å²) in [6, 6.07) is 15.3. The maximum Gasteiger partial charge on any atom is 0.326 e. The summed E-state index contributed by atoms with van der Waals surface area (Å²) >= 11 is 2.05. The van der Waals surface area contributed by atoms with E-state index in [1.807, 2.05) is 22.6 Å². The molecule has 10 N–H and O–H groups in total. The lowest BCUT2D eigenvalue weighted by molar-refractivity contribution is -0.142. The Morgan fingerprint density at radius 3 is 1.81 bits per heavy atom. The molecule has 0 fully saturated rings. The number of aliphatic carboxylic acids is 4. The first-order valence-electron chi connectivity index (χ1n) is 19.1. The SMILES string of the molecule is O=C(O)CC[C@H](NC(=O)N[C@@H](CCCCNC(=O)[C@H](Cc1ccccc1)NC(=O)COc1ccc(C[C@H](NC(=O)CNC(=O)c2cccc(I)c2)C(=O)O)cc1)C(=O)O)C(=O)O. The van der Waals surface area contributed by atoms with Gasteiger partial charge in [-0.3, -0.25) is 24.0 Å². The second-order valence-corrected chi connectivity index (χ2v) is 15.0. The van der Waals surface area contributed by atoms with Crippen LogP contribution in [-0.2, 0) is 46.4 Å². The molecular weight excluding hydrogens is 927 g/mol. The minimum Gasteiger partial charge on any atom is -0.484 e. The summed E-state index contributed by atoms with van der Waals surface area (Å²) in [6.07, 6.45) is -0.516. The van der Waals surface area contributed by atoms with Gasteiger partial charge in [0, 0.05) is 34.9 Å². The molecule has 0 aromatic heterocycles. The topological polar surface area (TPSA) is 316 Å². The molecule has 0 radical (unpaired) electrons. The number of benzene rings is 3. The summed E-state index contributed by atoms with van der Waals surface area (Å²) in [5.74, 6) is -7.53. The standard InChI is InChI=1S/C41H47IN6O14/c42-27-10-6-9-26(21-27)36(53)44-22-33(49)46-32(40(59)60)20-25-12-14-28(15-13-25)62-23-34(50)45-31(19-24-7-2-1-3-8-24)37(54)43-18-5-4-11-29(38(55)56)47-41(61)48-30(39(57)58)16-17-35(51)52/h1-3,6-10,12-15,21,29-32H,4-5,11,16-20,22-23H2,(H,43,54)(H,44,53)(H,45,50)(H,46,49)(H,51,52)(H,55,56)(H,57,58)(H,59,60)(H2,47,48,61)/t29-,30-,31-,32-/m0/s1. The number of carboxylic acids is 4. The van der Waals surface area contributed by atoms with Crippen molar-refractivity contribution in [2.75, 3.05) is 19.7 Å². The number of urea groups is 1. The number of ether oxygens (including phenoxy) is 1. The number of carbonyl (C=O) groups excluding carboxylic acids is 5. The number of halogens is 1. The third-order valence-electron chi connectivity index (χ3n) is 8.87. The molecule has 0 unspecified atom stereocenters. The highest BCUT2D eigenvalue weighted by Crippen LogP contribution is 2.14. The summed E-state index contributed by atoms with van der Waals surface area (Å²) in [7, 11) is 0. The Bertz CT molecular complexity index is 2050. The molecule has 0 saturated carbocycles. The van der Waals surface area contributed by atoms with Crippen LogP contribution in [0.4, 0.5) is 4.79 Å². The molecule has 3 rings (SSSR count). The zero-order chi connectivity index (χ0) is 45.6. The fourth-order valence-electron chi connectivity index (χ4n) is 5.69. The van der Waals surface area contributed by atoms with E-state index >= 15 is 0 Å². The van der Waals surface area contributed by atoms with Gasteiger partial charge >= 0.3 is 29.9 Å². The van der Waals surface area contributed by atoms with E-state index in [0.29, 0.717) is 11.1 Å². The van der Waals surface area contributed by atoms with Gasteiger partial charge in [-0.25, -0.2) is 19.2 Å². The van der Waals surface area contributed by atoms with Crippen LogP contribution in [0.15, 0.2) is 78.9 Å². The minimum absolute atomic E-state index is 0.0778. The van der Waals surface area contributed by atoms with Crippen LogP contribution in [0.5, 0.6) is 5.75 Å². The molecular formula is C41H47IN6O14. The molecule has 3 aromatic rings. The summed E-state index contributed by atoms with van der Waals surface area (Å²) in [5, 5.41) is 51.7. The largest absolute Gasteiger partial charge is 0.484 e. The van der Waals surface area contributed by atoms with Crippen molar-refractivity contribution in [2.24, 2.45) is 0 Å². The molecule has 3 aromatic carbocycles. The van der Waals surface area contributed by atoms with E-state index in [0.717, 1.165) is 9.13 Å². The van der Waals surface area contributed by atoms with E-state index in [-0.39, 0.29) is 44.4 Å². The molecule has 6 amide bonds. The predicted octanol–water partition coefficient (Wildman–Crippen LogP) is 1.30. The zero-order valence-corrected chi connectivity index (χ0v) is 35.3. The molecule has 21 heteroatoms. The first-order chi connectivity index (χ1) is 29.5. The van der Waals surface area contributed by atoms with Crippen LogP contribution in [0.25, 0.3) is 0 Å². The van der Waals surface area contributed by atoms with E-state index in [2.05, 4.69) is 31.9 Å². The van der Waals surface area contributed by atoms with E-state index < -0.39 is 104 Å². The molecule has 20 nitrogen and oxygen atoms in total. The van der Waals surface area contributed by atoms with Crippen molar-refractivity contribution >= 4 is 76.1 Å². The van der Waals surface area contributed by atoms with Crippen molar-refractivity contribution in [3.8, 4) is 5.75 Å². The lowest BCUT2D eigenvalue weighted by atomic mass is 10.0. The van der Waals surface area contributed by atoms with Crippen molar-refractivity contribution in [1.82, 2.24) is 31.9 Å². The molecule has 4 atom stereocenters. The van der Waals surface area contributed by atoms with Crippen LogP contribution >= 0.6 is 22.6 Å². The third kappa shape index (κ3) is 18.6. The van der Waals surface area contributed by atoms with Crippen molar-refractivity contribution in [1.29, 1.82) is 0 Å². The quantitative estimate of drug-likeness (QED) is 0.0401. The number of carbonyl (C=O) groups is 9. The summed E-state index contributed by atoms with van der Waals surface area (Å²) < 4.78 is 6.43.